The highest BCUT2D eigenvalue weighted by Gasteiger charge is 2.25. The fraction of sp³-hybridized carbons (Fsp3) is 0.0476. The molecule has 0 aliphatic rings. The average Bonchev–Trinajstić information content (AvgIpc) is 2.68. The summed E-state index contributed by atoms with van der Waals surface area (Å²) in [5, 5.41) is 16.6. The number of fused-ring (bicyclic) bond motifs is 1. The summed E-state index contributed by atoms with van der Waals surface area (Å²) in [5.41, 5.74) is 1.39. The maximum atomic E-state index is 11.8. The van der Waals surface area contributed by atoms with Crippen molar-refractivity contribution in [1.29, 1.82) is 0 Å². The number of anilines is 2. The van der Waals surface area contributed by atoms with Gasteiger partial charge in [-0.05, 0) is 36.1 Å². The summed E-state index contributed by atoms with van der Waals surface area (Å²) in [4.78, 5) is 19.3. The number of hydrogen-bond donors (Lipinski definition) is 1. The minimum atomic E-state index is -0.543. The normalized spacial score (nSPS) is 10.6. The number of nitrogens with one attached hydrogen (secondary N) is 1. The molecule has 0 saturated heterocycles. The van der Waals surface area contributed by atoms with Crippen LogP contribution in [-0.4, -0.2) is 14.9 Å². The molecular weight excluding hydrogens is 356 g/mol. The van der Waals surface area contributed by atoms with Crippen LogP contribution in [0.5, 0.6) is 11.6 Å². The summed E-state index contributed by atoms with van der Waals surface area (Å²) in [6.07, 6.45) is 1.24. The molecular formula is C21H16N4O3. The molecule has 7 nitrogen and oxygen atoms in total. The van der Waals surface area contributed by atoms with E-state index in [0.717, 1.165) is 16.3 Å². The van der Waals surface area contributed by atoms with Crippen LogP contribution < -0.4 is 10.1 Å². The van der Waals surface area contributed by atoms with Gasteiger partial charge in [0.15, 0.2) is 0 Å². The minimum Gasteiger partial charge on any atom is -0.433 e. The first-order chi connectivity index (χ1) is 13.6. The fourth-order valence-electron chi connectivity index (χ4n) is 2.94. The molecule has 0 saturated carbocycles. The molecule has 0 unspecified atom stereocenters. The van der Waals surface area contributed by atoms with Crippen molar-refractivity contribution in [2.24, 2.45) is 0 Å². The molecule has 1 aromatic heterocycles. The Bertz CT molecular complexity index is 1170. The number of aromatic nitrogens is 2. The van der Waals surface area contributed by atoms with E-state index in [4.69, 9.17) is 4.74 Å². The van der Waals surface area contributed by atoms with Gasteiger partial charge in [-0.1, -0.05) is 48.5 Å². The molecule has 0 aliphatic carbocycles. The molecule has 4 rings (SSSR count). The summed E-state index contributed by atoms with van der Waals surface area (Å²) in [7, 11) is 0. The maximum Gasteiger partial charge on any atom is 0.373 e. The zero-order chi connectivity index (χ0) is 19.5. The summed E-state index contributed by atoms with van der Waals surface area (Å²) in [5.74, 6) is 0.439. The molecule has 0 radical (unpaired) electrons. The van der Waals surface area contributed by atoms with Crippen molar-refractivity contribution in [1.82, 2.24) is 9.97 Å². The number of benzene rings is 3. The number of ether oxygens (including phenoxy) is 1. The number of rotatable bonds is 5. The van der Waals surface area contributed by atoms with Gasteiger partial charge in [-0.2, -0.15) is 4.98 Å². The average molecular weight is 372 g/mol. The van der Waals surface area contributed by atoms with Gasteiger partial charge < -0.3 is 10.1 Å². The topological polar surface area (TPSA) is 90.2 Å². The van der Waals surface area contributed by atoms with E-state index in [1.54, 1.807) is 6.07 Å². The van der Waals surface area contributed by atoms with Crippen LogP contribution in [0.25, 0.3) is 10.8 Å². The van der Waals surface area contributed by atoms with Crippen LogP contribution in [0.2, 0.25) is 0 Å². The summed E-state index contributed by atoms with van der Waals surface area (Å²) in [6.45, 7) is 1.94. The highest BCUT2D eigenvalue weighted by Crippen LogP contribution is 2.37. The molecule has 4 aromatic rings. The van der Waals surface area contributed by atoms with Crippen molar-refractivity contribution in [2.75, 3.05) is 5.32 Å². The first-order valence-electron chi connectivity index (χ1n) is 8.60. The highest BCUT2D eigenvalue weighted by atomic mass is 16.6. The van der Waals surface area contributed by atoms with Crippen LogP contribution in [0.1, 0.15) is 5.56 Å². The lowest BCUT2D eigenvalue weighted by molar-refractivity contribution is -0.385. The molecule has 0 bridgehead atoms. The predicted octanol–water partition coefficient (Wildman–Crippen LogP) is 5.38. The smallest absolute Gasteiger partial charge is 0.373 e. The standard InChI is InChI=1S/C21H16N4O3/c1-14-6-4-9-16(12-14)24-20-19(25(26)27)21(23-13-22-20)28-18-11-5-8-15-7-2-3-10-17(15)18/h2-13H,1H3,(H,22,23,24). The summed E-state index contributed by atoms with van der Waals surface area (Å²) in [6, 6.07) is 20.6. The molecule has 0 amide bonds. The van der Waals surface area contributed by atoms with Crippen molar-refractivity contribution < 1.29 is 9.66 Å². The SMILES string of the molecule is Cc1cccc(Nc2ncnc(Oc3cccc4ccccc34)c2[N+](=O)[O-])c1. The van der Waals surface area contributed by atoms with E-state index < -0.39 is 4.92 Å². The molecule has 138 valence electrons. The lowest BCUT2D eigenvalue weighted by Crippen LogP contribution is -2.03. The van der Waals surface area contributed by atoms with E-state index in [-0.39, 0.29) is 17.4 Å². The lowest BCUT2D eigenvalue weighted by Gasteiger charge is -2.11. The molecule has 0 spiro atoms. The van der Waals surface area contributed by atoms with Crippen molar-refractivity contribution in [3.05, 3.63) is 88.7 Å². The highest BCUT2D eigenvalue weighted by molar-refractivity contribution is 5.88. The molecule has 1 heterocycles. The van der Waals surface area contributed by atoms with Gasteiger partial charge in [-0.3, -0.25) is 10.1 Å². The van der Waals surface area contributed by atoms with E-state index >= 15 is 0 Å². The Balaban J connectivity index is 1.76. The van der Waals surface area contributed by atoms with Crippen LogP contribution >= 0.6 is 0 Å². The van der Waals surface area contributed by atoms with Crippen LogP contribution in [0.15, 0.2) is 73.1 Å². The van der Waals surface area contributed by atoms with Crippen molar-refractivity contribution in [2.45, 2.75) is 6.92 Å². The lowest BCUT2D eigenvalue weighted by atomic mass is 10.1. The van der Waals surface area contributed by atoms with Crippen molar-refractivity contribution in [3.63, 3.8) is 0 Å². The Hall–Kier alpha value is -4.00. The second kappa shape index (κ2) is 7.32. The second-order valence-electron chi connectivity index (χ2n) is 6.21. The Morgan fingerprint density at radius 2 is 1.79 bits per heavy atom. The first kappa shape index (κ1) is 17.4. The van der Waals surface area contributed by atoms with Gasteiger partial charge >= 0.3 is 11.6 Å². The van der Waals surface area contributed by atoms with E-state index in [9.17, 15) is 10.1 Å². The number of hydrogen-bond acceptors (Lipinski definition) is 6. The van der Waals surface area contributed by atoms with E-state index in [1.165, 1.54) is 6.33 Å². The van der Waals surface area contributed by atoms with Gasteiger partial charge in [0.05, 0.1) is 4.92 Å². The van der Waals surface area contributed by atoms with Gasteiger partial charge in [-0.15, -0.1) is 0 Å². The number of aryl methyl sites for hydroxylation is 1. The summed E-state index contributed by atoms with van der Waals surface area (Å²) >= 11 is 0. The number of nitro groups is 1. The van der Waals surface area contributed by atoms with Crippen molar-refractivity contribution in [3.8, 4) is 11.6 Å². The number of nitrogens with zero attached hydrogens (tertiary/aromatic N) is 3. The Morgan fingerprint density at radius 1 is 1.00 bits per heavy atom. The van der Waals surface area contributed by atoms with E-state index in [2.05, 4.69) is 15.3 Å². The quantitative estimate of drug-likeness (QED) is 0.373. The van der Waals surface area contributed by atoms with Gasteiger partial charge in [0, 0.05) is 11.1 Å². The second-order valence-corrected chi connectivity index (χ2v) is 6.21. The first-order valence-corrected chi connectivity index (χ1v) is 8.60. The predicted molar refractivity (Wildman–Crippen MR) is 107 cm³/mol. The van der Waals surface area contributed by atoms with E-state index in [0.29, 0.717) is 11.4 Å². The monoisotopic (exact) mass is 372 g/mol. The van der Waals surface area contributed by atoms with Gasteiger partial charge in [0.25, 0.3) is 0 Å². The van der Waals surface area contributed by atoms with Crippen LogP contribution in [0.3, 0.4) is 0 Å². The Morgan fingerprint density at radius 3 is 2.61 bits per heavy atom. The third kappa shape index (κ3) is 3.45. The van der Waals surface area contributed by atoms with Crippen LogP contribution in [-0.2, 0) is 0 Å². The maximum absolute atomic E-state index is 11.8. The van der Waals surface area contributed by atoms with Crippen molar-refractivity contribution >= 4 is 28.0 Å². The molecule has 3 aromatic carbocycles. The molecule has 0 aliphatic heterocycles. The Labute approximate surface area is 160 Å². The van der Waals surface area contributed by atoms with Crippen LogP contribution in [0, 0.1) is 17.0 Å². The van der Waals surface area contributed by atoms with E-state index in [1.807, 2.05) is 67.6 Å². The zero-order valence-electron chi connectivity index (χ0n) is 15.0. The van der Waals surface area contributed by atoms with Gasteiger partial charge in [0.2, 0.25) is 5.82 Å². The molecule has 0 atom stereocenters. The zero-order valence-corrected chi connectivity index (χ0v) is 15.0. The Kier molecular flexibility index (Phi) is 4.55. The molecule has 28 heavy (non-hydrogen) atoms. The minimum absolute atomic E-state index is 0.0702. The molecule has 0 fully saturated rings. The largest absolute Gasteiger partial charge is 0.433 e. The molecule has 1 N–H and O–H groups in total. The third-order valence-corrected chi connectivity index (χ3v) is 4.21. The van der Waals surface area contributed by atoms with Crippen LogP contribution in [0.4, 0.5) is 17.2 Å². The fourth-order valence-corrected chi connectivity index (χ4v) is 2.94. The summed E-state index contributed by atoms with van der Waals surface area (Å²) < 4.78 is 5.85. The van der Waals surface area contributed by atoms with Gasteiger partial charge in [-0.25, -0.2) is 4.98 Å². The van der Waals surface area contributed by atoms with Gasteiger partial charge in [0.1, 0.15) is 12.1 Å². The third-order valence-electron chi connectivity index (χ3n) is 4.21. The molecule has 7 heteroatoms.